The van der Waals surface area contributed by atoms with Crippen molar-refractivity contribution in [3.8, 4) is 5.75 Å². The molecule has 0 saturated carbocycles. The number of rotatable bonds is 2. The maximum Gasteiger partial charge on any atom is 0.195 e. The van der Waals surface area contributed by atoms with E-state index in [0.717, 1.165) is 45.4 Å². The van der Waals surface area contributed by atoms with Crippen LogP contribution in [0, 0.1) is 0 Å². The summed E-state index contributed by atoms with van der Waals surface area (Å²) in [5.41, 5.74) is 0.964. The third-order valence-corrected chi connectivity index (χ3v) is 5.90. The van der Waals surface area contributed by atoms with Gasteiger partial charge in [0.15, 0.2) is 5.43 Å². The van der Waals surface area contributed by atoms with Crippen molar-refractivity contribution in [1.82, 2.24) is 4.90 Å². The van der Waals surface area contributed by atoms with E-state index in [-0.39, 0.29) is 5.43 Å². The highest BCUT2D eigenvalue weighted by Gasteiger charge is 2.17. The molecule has 0 aliphatic carbocycles. The molecule has 23 heavy (non-hydrogen) atoms. The van der Waals surface area contributed by atoms with Crippen LogP contribution in [0.2, 0.25) is 0 Å². The van der Waals surface area contributed by atoms with E-state index < -0.39 is 0 Å². The number of piperidine rings is 1. The van der Waals surface area contributed by atoms with Crippen molar-refractivity contribution < 1.29 is 5.11 Å². The topological polar surface area (TPSA) is 40.5 Å². The molecule has 1 fully saturated rings. The van der Waals surface area contributed by atoms with Gasteiger partial charge in [0, 0.05) is 32.3 Å². The number of fused-ring (bicyclic) bond motifs is 2. The molecule has 0 atom stereocenters. The van der Waals surface area contributed by atoms with Gasteiger partial charge in [-0.3, -0.25) is 9.69 Å². The zero-order valence-electron chi connectivity index (χ0n) is 12.9. The SMILES string of the molecule is O=c1c2ccccc2sc2c(CN3CCCCC3)c(O)ccc12. The van der Waals surface area contributed by atoms with Gasteiger partial charge in [-0.05, 0) is 50.2 Å². The van der Waals surface area contributed by atoms with Crippen LogP contribution >= 0.6 is 11.3 Å². The molecule has 3 nitrogen and oxygen atoms in total. The molecule has 118 valence electrons. The molecule has 0 unspecified atom stereocenters. The summed E-state index contributed by atoms with van der Waals surface area (Å²) in [5, 5.41) is 11.9. The largest absolute Gasteiger partial charge is 0.508 e. The maximum absolute atomic E-state index is 12.8. The minimum atomic E-state index is 0.0641. The molecule has 3 aromatic rings. The molecule has 0 amide bonds. The van der Waals surface area contributed by atoms with E-state index in [2.05, 4.69) is 4.90 Å². The number of hydrogen-bond acceptors (Lipinski definition) is 4. The summed E-state index contributed by atoms with van der Waals surface area (Å²) in [6.07, 6.45) is 3.71. The van der Waals surface area contributed by atoms with Crippen LogP contribution in [0.1, 0.15) is 24.8 Å². The van der Waals surface area contributed by atoms with Gasteiger partial charge in [0.1, 0.15) is 5.75 Å². The van der Waals surface area contributed by atoms with Crippen molar-refractivity contribution in [3.05, 3.63) is 52.2 Å². The zero-order valence-corrected chi connectivity index (χ0v) is 13.7. The van der Waals surface area contributed by atoms with E-state index in [9.17, 15) is 9.90 Å². The van der Waals surface area contributed by atoms with Crippen molar-refractivity contribution >= 4 is 31.5 Å². The Morgan fingerprint density at radius 1 is 1.00 bits per heavy atom. The second kappa shape index (κ2) is 5.95. The summed E-state index contributed by atoms with van der Waals surface area (Å²) in [5.74, 6) is 0.300. The van der Waals surface area contributed by atoms with E-state index in [1.54, 1.807) is 23.5 Å². The first-order chi connectivity index (χ1) is 11.2. The fourth-order valence-corrected chi connectivity index (χ4v) is 4.61. The zero-order chi connectivity index (χ0) is 15.8. The third-order valence-electron chi connectivity index (χ3n) is 4.65. The van der Waals surface area contributed by atoms with Crippen LogP contribution in [0.15, 0.2) is 41.2 Å². The van der Waals surface area contributed by atoms with Gasteiger partial charge in [0.25, 0.3) is 0 Å². The molecule has 1 aliphatic rings. The Kier molecular flexibility index (Phi) is 3.79. The highest BCUT2D eigenvalue weighted by Crippen LogP contribution is 2.33. The predicted octanol–water partition coefficient (Wildman–Crippen LogP) is 4.11. The fourth-order valence-electron chi connectivity index (χ4n) is 3.40. The van der Waals surface area contributed by atoms with Crippen molar-refractivity contribution in [3.63, 3.8) is 0 Å². The third kappa shape index (κ3) is 2.62. The second-order valence-electron chi connectivity index (χ2n) is 6.20. The summed E-state index contributed by atoms with van der Waals surface area (Å²) in [6.45, 7) is 2.86. The summed E-state index contributed by atoms with van der Waals surface area (Å²) in [6, 6.07) is 11.1. The first-order valence-corrected chi connectivity index (χ1v) is 8.94. The lowest BCUT2D eigenvalue weighted by molar-refractivity contribution is 0.219. The Labute approximate surface area is 138 Å². The van der Waals surface area contributed by atoms with E-state index in [0.29, 0.717) is 5.75 Å². The average Bonchev–Trinajstić information content (AvgIpc) is 2.59. The number of benzene rings is 2. The van der Waals surface area contributed by atoms with Gasteiger partial charge in [-0.1, -0.05) is 18.6 Å². The lowest BCUT2D eigenvalue weighted by atomic mass is 10.1. The predicted molar refractivity (Wildman–Crippen MR) is 96.4 cm³/mol. The van der Waals surface area contributed by atoms with Crippen LogP contribution in [-0.2, 0) is 6.54 Å². The molecule has 1 saturated heterocycles. The minimum Gasteiger partial charge on any atom is -0.508 e. The quantitative estimate of drug-likeness (QED) is 0.721. The van der Waals surface area contributed by atoms with Gasteiger partial charge in [-0.15, -0.1) is 11.3 Å². The summed E-state index contributed by atoms with van der Waals surface area (Å²) < 4.78 is 1.91. The lowest BCUT2D eigenvalue weighted by Gasteiger charge is -2.27. The number of nitrogens with zero attached hydrogens (tertiary/aromatic N) is 1. The second-order valence-corrected chi connectivity index (χ2v) is 7.26. The monoisotopic (exact) mass is 325 g/mol. The fraction of sp³-hybridized carbons (Fsp3) is 0.316. The Hall–Kier alpha value is -1.91. The number of phenolic OH excluding ortho intramolecular Hbond substituents is 1. The Morgan fingerprint density at radius 3 is 2.61 bits per heavy atom. The molecule has 1 aromatic heterocycles. The van der Waals surface area contributed by atoms with Crippen molar-refractivity contribution in [2.24, 2.45) is 0 Å². The van der Waals surface area contributed by atoms with Crippen molar-refractivity contribution in [2.45, 2.75) is 25.8 Å². The number of phenols is 1. The molecule has 0 bridgehead atoms. The molecule has 0 radical (unpaired) electrons. The minimum absolute atomic E-state index is 0.0641. The van der Waals surface area contributed by atoms with Crippen LogP contribution in [0.4, 0.5) is 0 Å². The van der Waals surface area contributed by atoms with Gasteiger partial charge in [0.05, 0.1) is 0 Å². The number of hydrogen-bond donors (Lipinski definition) is 1. The van der Waals surface area contributed by atoms with Crippen LogP contribution < -0.4 is 5.43 Å². The lowest BCUT2D eigenvalue weighted by Crippen LogP contribution is -2.29. The average molecular weight is 325 g/mol. The molecule has 4 rings (SSSR count). The van der Waals surface area contributed by atoms with E-state index in [1.807, 2.05) is 24.3 Å². The van der Waals surface area contributed by atoms with Crippen LogP contribution in [0.5, 0.6) is 5.75 Å². The molecule has 0 spiro atoms. The van der Waals surface area contributed by atoms with Crippen molar-refractivity contribution in [1.29, 1.82) is 0 Å². The number of aromatic hydroxyl groups is 1. The van der Waals surface area contributed by atoms with Gasteiger partial charge in [-0.2, -0.15) is 0 Å². The number of likely N-dealkylation sites (tertiary alicyclic amines) is 1. The normalized spacial score (nSPS) is 16.2. The van der Waals surface area contributed by atoms with Crippen molar-refractivity contribution in [2.75, 3.05) is 13.1 Å². The first kappa shape index (κ1) is 14.7. The molecular weight excluding hydrogens is 306 g/mol. The molecule has 2 aromatic carbocycles. The Morgan fingerprint density at radius 2 is 1.78 bits per heavy atom. The standard InChI is InChI=1S/C19H19NO2S/c21-16-9-8-14-18(22)13-6-2-3-7-17(13)23-19(14)15(16)12-20-10-4-1-5-11-20/h2-3,6-9,21H,1,4-5,10-12H2. The van der Waals surface area contributed by atoms with Gasteiger partial charge in [-0.25, -0.2) is 0 Å². The molecular formula is C19H19NO2S. The molecule has 4 heteroatoms. The molecule has 1 aliphatic heterocycles. The van der Waals surface area contributed by atoms with Gasteiger partial charge < -0.3 is 5.11 Å². The highest BCUT2D eigenvalue weighted by atomic mass is 32.1. The van der Waals surface area contributed by atoms with E-state index >= 15 is 0 Å². The molecule has 1 N–H and O–H groups in total. The summed E-state index contributed by atoms with van der Waals surface area (Å²) >= 11 is 1.61. The van der Waals surface area contributed by atoms with E-state index in [4.69, 9.17) is 0 Å². The van der Waals surface area contributed by atoms with Gasteiger partial charge >= 0.3 is 0 Å². The van der Waals surface area contributed by atoms with E-state index in [1.165, 1.54) is 19.3 Å². The Bertz CT molecular complexity index is 926. The molecule has 2 heterocycles. The Balaban J connectivity index is 1.91. The van der Waals surface area contributed by atoms with Crippen LogP contribution in [-0.4, -0.2) is 23.1 Å². The van der Waals surface area contributed by atoms with Gasteiger partial charge in [0.2, 0.25) is 0 Å². The smallest absolute Gasteiger partial charge is 0.195 e. The van der Waals surface area contributed by atoms with Crippen LogP contribution in [0.3, 0.4) is 0 Å². The first-order valence-electron chi connectivity index (χ1n) is 8.13. The van der Waals surface area contributed by atoms with Crippen LogP contribution in [0.25, 0.3) is 20.2 Å². The summed E-state index contributed by atoms with van der Waals surface area (Å²) in [4.78, 5) is 15.1. The maximum atomic E-state index is 12.8. The summed E-state index contributed by atoms with van der Waals surface area (Å²) in [7, 11) is 0. The highest BCUT2D eigenvalue weighted by molar-refractivity contribution is 7.24.